The molecule has 0 fully saturated rings. The third-order valence-corrected chi connectivity index (χ3v) is 1.87. The van der Waals surface area contributed by atoms with Crippen LogP contribution in [0, 0.1) is 0 Å². The summed E-state index contributed by atoms with van der Waals surface area (Å²) >= 11 is 0. The Morgan fingerprint density at radius 1 is 1.47 bits per heavy atom. The maximum Gasteiger partial charge on any atom is 0.126 e. The highest BCUT2D eigenvalue weighted by Gasteiger charge is 1.99. The SMILES string of the molecule is Cl.NN=CNCc1nc2ccccc2[nH]1. The molecule has 80 valence electrons. The molecule has 0 amide bonds. The number of nitrogens with zero attached hydrogens (tertiary/aromatic N) is 2. The van der Waals surface area contributed by atoms with Crippen LogP contribution in [0.25, 0.3) is 11.0 Å². The predicted molar refractivity (Wildman–Crippen MR) is 62.9 cm³/mol. The Kier molecular flexibility index (Phi) is 3.93. The average Bonchev–Trinajstić information content (AvgIpc) is 2.60. The van der Waals surface area contributed by atoms with Crippen molar-refractivity contribution in [3.63, 3.8) is 0 Å². The van der Waals surface area contributed by atoms with Crippen LogP contribution in [-0.4, -0.2) is 16.3 Å². The van der Waals surface area contributed by atoms with Crippen molar-refractivity contribution in [2.24, 2.45) is 10.9 Å². The lowest BCUT2D eigenvalue weighted by molar-refractivity contribution is 0.861. The molecule has 0 spiro atoms. The Bertz CT molecular complexity index is 417. The van der Waals surface area contributed by atoms with Crippen LogP contribution in [0.3, 0.4) is 0 Å². The third kappa shape index (κ3) is 2.60. The highest BCUT2D eigenvalue weighted by Crippen LogP contribution is 2.09. The minimum atomic E-state index is 0. The molecule has 1 aromatic carbocycles. The lowest BCUT2D eigenvalue weighted by atomic mass is 10.3. The highest BCUT2D eigenvalue weighted by atomic mass is 35.5. The van der Waals surface area contributed by atoms with Crippen LogP contribution < -0.4 is 11.2 Å². The molecule has 15 heavy (non-hydrogen) atoms. The second kappa shape index (κ2) is 5.21. The van der Waals surface area contributed by atoms with Gasteiger partial charge in [-0.05, 0) is 12.1 Å². The number of fused-ring (bicyclic) bond motifs is 1. The molecular formula is C9H12ClN5. The van der Waals surface area contributed by atoms with E-state index >= 15 is 0 Å². The molecule has 0 aliphatic heterocycles. The van der Waals surface area contributed by atoms with Gasteiger partial charge in [0.1, 0.15) is 12.2 Å². The molecule has 0 saturated carbocycles. The van der Waals surface area contributed by atoms with Crippen LogP contribution >= 0.6 is 12.4 Å². The quantitative estimate of drug-likeness (QED) is 0.315. The number of aromatic amines is 1. The van der Waals surface area contributed by atoms with Gasteiger partial charge < -0.3 is 16.1 Å². The van der Waals surface area contributed by atoms with E-state index in [4.69, 9.17) is 5.84 Å². The van der Waals surface area contributed by atoms with Gasteiger partial charge >= 0.3 is 0 Å². The van der Waals surface area contributed by atoms with Gasteiger partial charge in [-0.3, -0.25) is 0 Å². The fourth-order valence-corrected chi connectivity index (χ4v) is 1.28. The number of nitrogens with two attached hydrogens (primary N) is 1. The molecule has 0 atom stereocenters. The highest BCUT2D eigenvalue weighted by molar-refractivity contribution is 5.85. The number of para-hydroxylation sites is 2. The second-order valence-corrected chi connectivity index (χ2v) is 2.86. The maximum absolute atomic E-state index is 4.94. The van der Waals surface area contributed by atoms with Crippen molar-refractivity contribution in [3.05, 3.63) is 30.1 Å². The summed E-state index contributed by atoms with van der Waals surface area (Å²) in [5.41, 5.74) is 2.00. The van der Waals surface area contributed by atoms with E-state index in [1.54, 1.807) is 0 Å². The number of H-pyrrole nitrogens is 1. The lowest BCUT2D eigenvalue weighted by Gasteiger charge is -1.93. The molecule has 2 aromatic rings. The van der Waals surface area contributed by atoms with Crippen LogP contribution in [-0.2, 0) is 6.54 Å². The molecule has 6 heteroatoms. The Morgan fingerprint density at radius 3 is 3.00 bits per heavy atom. The summed E-state index contributed by atoms with van der Waals surface area (Å²) in [4.78, 5) is 7.54. The molecule has 0 bridgehead atoms. The molecule has 0 unspecified atom stereocenters. The number of hydrogen-bond acceptors (Lipinski definition) is 3. The number of benzene rings is 1. The van der Waals surface area contributed by atoms with E-state index < -0.39 is 0 Å². The van der Waals surface area contributed by atoms with Gasteiger partial charge in [0.15, 0.2) is 0 Å². The minimum absolute atomic E-state index is 0. The molecule has 1 aromatic heterocycles. The van der Waals surface area contributed by atoms with Gasteiger partial charge in [-0.1, -0.05) is 12.1 Å². The molecule has 0 aliphatic rings. The first kappa shape index (κ1) is 11.3. The number of nitrogens with one attached hydrogen (secondary N) is 2. The summed E-state index contributed by atoms with van der Waals surface area (Å²) in [6.07, 6.45) is 1.44. The van der Waals surface area contributed by atoms with E-state index in [-0.39, 0.29) is 12.4 Å². The van der Waals surface area contributed by atoms with E-state index in [2.05, 4.69) is 20.4 Å². The van der Waals surface area contributed by atoms with Gasteiger partial charge in [0.2, 0.25) is 0 Å². The minimum Gasteiger partial charge on any atom is -0.367 e. The zero-order chi connectivity index (χ0) is 9.80. The van der Waals surface area contributed by atoms with E-state index in [0.717, 1.165) is 16.9 Å². The van der Waals surface area contributed by atoms with Gasteiger partial charge in [-0.25, -0.2) is 4.98 Å². The van der Waals surface area contributed by atoms with Crippen molar-refractivity contribution in [1.29, 1.82) is 0 Å². The zero-order valence-corrected chi connectivity index (χ0v) is 8.79. The number of hydrogen-bond donors (Lipinski definition) is 3. The van der Waals surface area contributed by atoms with Crippen molar-refractivity contribution >= 4 is 29.8 Å². The zero-order valence-electron chi connectivity index (χ0n) is 7.97. The van der Waals surface area contributed by atoms with Crippen molar-refractivity contribution in [3.8, 4) is 0 Å². The maximum atomic E-state index is 4.94. The molecule has 4 N–H and O–H groups in total. The van der Waals surface area contributed by atoms with Gasteiger partial charge in [0.25, 0.3) is 0 Å². The van der Waals surface area contributed by atoms with Gasteiger partial charge in [0.05, 0.1) is 17.6 Å². The van der Waals surface area contributed by atoms with Crippen LogP contribution in [0.2, 0.25) is 0 Å². The van der Waals surface area contributed by atoms with E-state index in [1.807, 2.05) is 24.3 Å². The van der Waals surface area contributed by atoms with E-state index in [9.17, 15) is 0 Å². The van der Waals surface area contributed by atoms with Crippen molar-refractivity contribution in [2.75, 3.05) is 0 Å². The summed E-state index contributed by atoms with van der Waals surface area (Å²) in [5.74, 6) is 5.81. The first-order chi connectivity index (χ1) is 6.90. The van der Waals surface area contributed by atoms with E-state index in [1.165, 1.54) is 6.34 Å². The van der Waals surface area contributed by atoms with Crippen LogP contribution in [0.5, 0.6) is 0 Å². The van der Waals surface area contributed by atoms with Crippen LogP contribution in [0.15, 0.2) is 29.4 Å². The smallest absolute Gasteiger partial charge is 0.126 e. The third-order valence-electron chi connectivity index (χ3n) is 1.87. The Morgan fingerprint density at radius 2 is 2.27 bits per heavy atom. The standard InChI is InChI=1S/C9H11N5.ClH/c10-12-6-11-5-9-13-7-3-1-2-4-8(7)14-9;/h1-4,6H,5,10H2,(H,11,12)(H,13,14);1H. The topological polar surface area (TPSA) is 79.1 Å². The average molecular weight is 226 g/mol. The molecular weight excluding hydrogens is 214 g/mol. The molecule has 1 heterocycles. The first-order valence-electron chi connectivity index (χ1n) is 4.29. The Labute approximate surface area is 93.2 Å². The molecule has 2 rings (SSSR count). The number of aromatic nitrogens is 2. The largest absolute Gasteiger partial charge is 0.367 e. The Hall–Kier alpha value is -1.75. The monoisotopic (exact) mass is 225 g/mol. The fourth-order valence-electron chi connectivity index (χ4n) is 1.28. The fraction of sp³-hybridized carbons (Fsp3) is 0.111. The number of hydrazone groups is 1. The Balaban J connectivity index is 0.00000112. The van der Waals surface area contributed by atoms with Crippen LogP contribution in [0.4, 0.5) is 0 Å². The molecule has 5 nitrogen and oxygen atoms in total. The van der Waals surface area contributed by atoms with Crippen LogP contribution in [0.1, 0.15) is 5.82 Å². The van der Waals surface area contributed by atoms with Gasteiger partial charge in [-0.2, -0.15) is 5.10 Å². The van der Waals surface area contributed by atoms with Crippen molar-refractivity contribution in [2.45, 2.75) is 6.54 Å². The van der Waals surface area contributed by atoms with Crippen molar-refractivity contribution in [1.82, 2.24) is 15.3 Å². The summed E-state index contributed by atoms with van der Waals surface area (Å²) in [6.45, 7) is 0.593. The summed E-state index contributed by atoms with van der Waals surface area (Å²) in [7, 11) is 0. The van der Waals surface area contributed by atoms with E-state index in [0.29, 0.717) is 6.54 Å². The van der Waals surface area contributed by atoms with Crippen molar-refractivity contribution < 1.29 is 0 Å². The first-order valence-corrected chi connectivity index (χ1v) is 4.29. The molecule has 0 saturated heterocycles. The normalized spacial score (nSPS) is 10.4. The summed E-state index contributed by atoms with van der Waals surface area (Å²) in [5, 5.41) is 6.23. The van der Waals surface area contributed by atoms with Gasteiger partial charge in [0, 0.05) is 0 Å². The predicted octanol–water partition coefficient (Wildman–Crippen LogP) is 0.976. The molecule has 0 radical (unpaired) electrons. The number of halogens is 1. The summed E-state index contributed by atoms with van der Waals surface area (Å²) in [6, 6.07) is 7.88. The summed E-state index contributed by atoms with van der Waals surface area (Å²) < 4.78 is 0. The van der Waals surface area contributed by atoms with Gasteiger partial charge in [-0.15, -0.1) is 12.4 Å². The molecule has 0 aliphatic carbocycles. The lowest BCUT2D eigenvalue weighted by Crippen LogP contribution is -2.12. The number of imidazole rings is 1. The second-order valence-electron chi connectivity index (χ2n) is 2.86. The number of rotatable bonds is 3.